The number of benzene rings is 1. The van der Waals surface area contributed by atoms with Crippen LogP contribution in [-0.4, -0.2) is 27.9 Å². The number of anilines is 1. The molecule has 0 spiro atoms. The number of Topliss-reactive ketones (excluding diaryl/α,β-unsaturated/α-hetero) is 1. The van der Waals surface area contributed by atoms with Crippen LogP contribution in [0.2, 0.25) is 0 Å². The average Bonchev–Trinajstić information content (AvgIpc) is 3.55. The Morgan fingerprint density at radius 2 is 2.03 bits per heavy atom. The second-order valence-corrected chi connectivity index (χ2v) is 8.76. The number of aromatic nitrogens is 2. The van der Waals surface area contributed by atoms with E-state index in [1.807, 2.05) is 6.07 Å². The molecule has 0 unspecified atom stereocenters. The third-order valence-electron chi connectivity index (χ3n) is 5.20. The smallest absolute Gasteiger partial charge is 0.254 e. The maximum Gasteiger partial charge on any atom is 0.254 e. The lowest BCUT2D eigenvalue weighted by Gasteiger charge is -2.20. The molecule has 1 aliphatic rings. The van der Waals surface area contributed by atoms with Gasteiger partial charge in [0.25, 0.3) is 5.56 Å². The van der Waals surface area contributed by atoms with Gasteiger partial charge in [0, 0.05) is 29.4 Å². The predicted octanol–water partition coefficient (Wildman–Crippen LogP) is 3.39. The Bertz CT molecular complexity index is 1130. The normalized spacial score (nSPS) is 13.5. The molecule has 0 aliphatic heterocycles. The van der Waals surface area contributed by atoms with Gasteiger partial charge in [0.05, 0.1) is 36.2 Å². The lowest BCUT2D eigenvalue weighted by molar-refractivity contribution is -0.122. The van der Waals surface area contributed by atoms with Gasteiger partial charge in [-0.2, -0.15) is 5.26 Å². The van der Waals surface area contributed by atoms with Crippen LogP contribution in [0.5, 0.6) is 0 Å². The number of nitrogens with one attached hydrogen (secondary N) is 1. The van der Waals surface area contributed by atoms with Crippen LogP contribution >= 0.6 is 0 Å². The molecular weight excluding hydrogens is 399 g/mol. The zero-order valence-corrected chi connectivity index (χ0v) is 17.9. The predicted molar refractivity (Wildman–Crippen MR) is 114 cm³/mol. The van der Waals surface area contributed by atoms with Crippen LogP contribution in [0.3, 0.4) is 0 Å². The van der Waals surface area contributed by atoms with Crippen LogP contribution in [-0.2, 0) is 16.1 Å². The SMILES string of the molecule is Cc1nc(-c2ccc(C#N)cc2NC(=O)C2CC2)cc(=O)n1CC(=O)CC(C)(C)CF. The molecule has 1 aromatic carbocycles. The molecule has 0 bridgehead atoms. The third-order valence-corrected chi connectivity index (χ3v) is 5.20. The third kappa shape index (κ3) is 5.43. The van der Waals surface area contributed by atoms with Crippen LogP contribution in [0.25, 0.3) is 11.3 Å². The van der Waals surface area contributed by atoms with Crippen molar-refractivity contribution in [3.8, 4) is 17.3 Å². The monoisotopic (exact) mass is 424 g/mol. The first-order chi connectivity index (χ1) is 14.6. The van der Waals surface area contributed by atoms with Crippen LogP contribution < -0.4 is 10.9 Å². The van der Waals surface area contributed by atoms with E-state index in [4.69, 9.17) is 0 Å². The lowest BCUT2D eigenvalue weighted by atomic mass is 9.89. The summed E-state index contributed by atoms with van der Waals surface area (Å²) < 4.78 is 14.3. The Hall–Kier alpha value is -3.34. The lowest BCUT2D eigenvalue weighted by Crippen LogP contribution is -2.29. The molecule has 8 heteroatoms. The summed E-state index contributed by atoms with van der Waals surface area (Å²) >= 11 is 0. The second-order valence-electron chi connectivity index (χ2n) is 8.76. The average molecular weight is 424 g/mol. The minimum atomic E-state index is -0.779. The summed E-state index contributed by atoms with van der Waals surface area (Å²) in [7, 11) is 0. The number of halogens is 1. The number of rotatable bonds is 8. The maximum absolute atomic E-state index is 13.0. The van der Waals surface area contributed by atoms with E-state index in [2.05, 4.69) is 10.3 Å². The summed E-state index contributed by atoms with van der Waals surface area (Å²) in [5.74, 6) is -0.0701. The second kappa shape index (κ2) is 8.80. The summed E-state index contributed by atoms with van der Waals surface area (Å²) in [6.45, 7) is 4.12. The molecule has 7 nitrogen and oxygen atoms in total. The standard InChI is InChI=1S/C23H25FN4O3/c1-14-26-20(9-21(30)28(14)12-17(29)10-23(2,3)13-24)18-7-4-15(11-25)8-19(18)27-22(31)16-5-6-16/h4,7-9,16H,5-6,10,12-13H2,1-3H3,(H,27,31). The molecule has 1 N–H and O–H groups in total. The Kier molecular flexibility index (Phi) is 6.34. The number of carbonyl (C=O) groups excluding carboxylic acids is 2. The van der Waals surface area contributed by atoms with Crippen molar-refractivity contribution < 1.29 is 14.0 Å². The van der Waals surface area contributed by atoms with Gasteiger partial charge in [-0.3, -0.25) is 23.3 Å². The van der Waals surface area contributed by atoms with Gasteiger partial charge in [0.15, 0.2) is 5.78 Å². The quantitative estimate of drug-likeness (QED) is 0.699. The molecule has 1 aliphatic carbocycles. The van der Waals surface area contributed by atoms with Gasteiger partial charge < -0.3 is 5.32 Å². The fourth-order valence-electron chi connectivity index (χ4n) is 3.29. The van der Waals surface area contributed by atoms with Gasteiger partial charge in [-0.15, -0.1) is 0 Å². The molecule has 31 heavy (non-hydrogen) atoms. The van der Waals surface area contributed by atoms with Crippen LogP contribution in [0.15, 0.2) is 29.1 Å². The Morgan fingerprint density at radius 1 is 1.32 bits per heavy atom. The minimum absolute atomic E-state index is 0.0180. The largest absolute Gasteiger partial charge is 0.325 e. The number of amides is 1. The maximum atomic E-state index is 13.0. The van der Waals surface area contributed by atoms with E-state index in [9.17, 15) is 24.0 Å². The molecule has 162 valence electrons. The van der Waals surface area contributed by atoms with Crippen molar-refractivity contribution in [2.45, 2.75) is 46.6 Å². The van der Waals surface area contributed by atoms with E-state index in [1.54, 1.807) is 39.0 Å². The number of aryl methyl sites for hydroxylation is 1. The molecule has 0 radical (unpaired) electrons. The van der Waals surface area contributed by atoms with Crippen molar-refractivity contribution >= 4 is 17.4 Å². The van der Waals surface area contributed by atoms with Crippen molar-refractivity contribution in [2.75, 3.05) is 12.0 Å². The van der Waals surface area contributed by atoms with Gasteiger partial charge in [-0.25, -0.2) is 4.98 Å². The van der Waals surface area contributed by atoms with Crippen molar-refractivity contribution in [3.05, 3.63) is 46.0 Å². The highest BCUT2D eigenvalue weighted by molar-refractivity contribution is 5.97. The zero-order valence-electron chi connectivity index (χ0n) is 17.9. The van der Waals surface area contributed by atoms with Gasteiger partial charge in [0.2, 0.25) is 5.91 Å². The van der Waals surface area contributed by atoms with Gasteiger partial charge >= 0.3 is 0 Å². The summed E-state index contributed by atoms with van der Waals surface area (Å²) in [6, 6.07) is 8.13. The number of alkyl halides is 1. The molecule has 0 saturated heterocycles. The first-order valence-corrected chi connectivity index (χ1v) is 10.1. The number of nitrogens with zero attached hydrogens (tertiary/aromatic N) is 3. The van der Waals surface area contributed by atoms with E-state index >= 15 is 0 Å². The number of ketones is 1. The summed E-state index contributed by atoms with van der Waals surface area (Å²) in [4.78, 5) is 41.8. The molecule has 3 rings (SSSR count). The Balaban J connectivity index is 1.92. The van der Waals surface area contributed by atoms with Crippen LogP contribution in [0.4, 0.5) is 10.1 Å². The summed E-state index contributed by atoms with van der Waals surface area (Å²) in [5, 5.41) is 12.0. The molecule has 1 heterocycles. The van der Waals surface area contributed by atoms with E-state index in [1.165, 1.54) is 10.6 Å². The highest BCUT2D eigenvalue weighted by atomic mass is 19.1. The fraction of sp³-hybridized carbons (Fsp3) is 0.435. The van der Waals surface area contributed by atoms with E-state index in [-0.39, 0.29) is 30.6 Å². The van der Waals surface area contributed by atoms with Gasteiger partial charge in [0.1, 0.15) is 5.82 Å². The molecule has 1 aromatic heterocycles. The topological polar surface area (TPSA) is 105 Å². The molecule has 1 saturated carbocycles. The molecule has 1 amide bonds. The molecule has 2 aromatic rings. The van der Waals surface area contributed by atoms with Crippen molar-refractivity contribution in [1.82, 2.24) is 9.55 Å². The van der Waals surface area contributed by atoms with E-state index in [0.717, 1.165) is 12.8 Å². The van der Waals surface area contributed by atoms with E-state index < -0.39 is 17.6 Å². The van der Waals surface area contributed by atoms with Crippen molar-refractivity contribution in [2.24, 2.45) is 11.3 Å². The number of hydrogen-bond donors (Lipinski definition) is 1. The minimum Gasteiger partial charge on any atom is -0.325 e. The Morgan fingerprint density at radius 3 is 2.61 bits per heavy atom. The van der Waals surface area contributed by atoms with Crippen molar-refractivity contribution in [3.63, 3.8) is 0 Å². The first-order valence-electron chi connectivity index (χ1n) is 10.1. The van der Waals surface area contributed by atoms with Crippen molar-refractivity contribution in [1.29, 1.82) is 5.26 Å². The molecular formula is C23H25FN4O3. The number of nitriles is 1. The van der Waals surface area contributed by atoms with E-state index in [0.29, 0.717) is 28.3 Å². The summed E-state index contributed by atoms with van der Waals surface area (Å²) in [5.41, 5.74) is 0.453. The Labute approximate surface area is 179 Å². The highest BCUT2D eigenvalue weighted by Gasteiger charge is 2.30. The van der Waals surface area contributed by atoms with Crippen LogP contribution in [0.1, 0.15) is 44.5 Å². The molecule has 1 fully saturated rings. The van der Waals surface area contributed by atoms with Gasteiger partial charge in [-0.1, -0.05) is 13.8 Å². The van der Waals surface area contributed by atoms with Gasteiger partial charge in [-0.05, 0) is 38.0 Å². The highest BCUT2D eigenvalue weighted by Crippen LogP contribution is 2.33. The van der Waals surface area contributed by atoms with Crippen LogP contribution in [0, 0.1) is 29.6 Å². The first kappa shape index (κ1) is 22.3. The number of hydrogen-bond acceptors (Lipinski definition) is 5. The number of carbonyl (C=O) groups is 2. The summed E-state index contributed by atoms with van der Waals surface area (Å²) in [6.07, 6.45) is 1.68. The zero-order chi connectivity index (χ0) is 22.8. The molecule has 0 atom stereocenters. The fourth-order valence-corrected chi connectivity index (χ4v) is 3.29.